The van der Waals surface area contributed by atoms with Gasteiger partial charge in [0.25, 0.3) is 0 Å². The van der Waals surface area contributed by atoms with Crippen molar-refractivity contribution in [1.29, 1.82) is 0 Å². The molecule has 3 nitrogen and oxygen atoms in total. The number of carbonyl (C=O) groups excluding carboxylic acids is 1. The van der Waals surface area contributed by atoms with Gasteiger partial charge in [0.1, 0.15) is 5.75 Å². The molecule has 2 rings (SSSR count). The van der Waals surface area contributed by atoms with Crippen LogP contribution in [0.5, 0.6) is 5.75 Å². The lowest BCUT2D eigenvalue weighted by Gasteiger charge is -1.89. The van der Waals surface area contributed by atoms with E-state index in [4.69, 9.17) is 0 Å². The van der Waals surface area contributed by atoms with Gasteiger partial charge in [0.2, 0.25) is 0 Å². The van der Waals surface area contributed by atoms with Crippen LogP contribution in [0.2, 0.25) is 0 Å². The third-order valence-electron chi connectivity index (χ3n) is 1.56. The van der Waals surface area contributed by atoms with E-state index in [0.717, 1.165) is 11.0 Å². The monoisotopic (exact) mass is 179 g/mol. The van der Waals surface area contributed by atoms with Gasteiger partial charge in [-0.2, -0.15) is 0 Å². The molecule has 0 spiro atoms. The molecule has 12 heavy (non-hydrogen) atoms. The van der Waals surface area contributed by atoms with Crippen molar-refractivity contribution in [2.24, 2.45) is 0 Å². The number of aldehydes is 1. The zero-order valence-corrected chi connectivity index (χ0v) is 6.84. The maximum Gasteiger partial charge on any atom is 0.160 e. The van der Waals surface area contributed by atoms with Gasteiger partial charge < -0.3 is 5.11 Å². The SMILES string of the molecule is O=Cc1cc2c(O)cncc2s1. The number of aromatic hydroxyl groups is 1. The summed E-state index contributed by atoms with van der Waals surface area (Å²) in [4.78, 5) is 14.8. The van der Waals surface area contributed by atoms with Crippen LogP contribution in [0, 0.1) is 0 Å². The summed E-state index contributed by atoms with van der Waals surface area (Å²) in [5.41, 5.74) is 0. The normalized spacial score (nSPS) is 10.3. The maximum atomic E-state index is 10.4. The van der Waals surface area contributed by atoms with Gasteiger partial charge in [0.05, 0.1) is 15.8 Å². The molecule has 0 saturated carbocycles. The summed E-state index contributed by atoms with van der Waals surface area (Å²) in [6, 6.07) is 1.66. The lowest BCUT2D eigenvalue weighted by Crippen LogP contribution is -1.69. The first-order valence-electron chi connectivity index (χ1n) is 3.33. The number of aromatic nitrogens is 1. The van der Waals surface area contributed by atoms with E-state index < -0.39 is 0 Å². The fourth-order valence-corrected chi connectivity index (χ4v) is 1.89. The second kappa shape index (κ2) is 2.57. The van der Waals surface area contributed by atoms with Crippen LogP contribution in [-0.4, -0.2) is 16.4 Å². The summed E-state index contributed by atoms with van der Waals surface area (Å²) in [6.45, 7) is 0. The fraction of sp³-hybridized carbons (Fsp3) is 0. The smallest absolute Gasteiger partial charge is 0.160 e. The van der Waals surface area contributed by atoms with Crippen LogP contribution >= 0.6 is 11.3 Å². The van der Waals surface area contributed by atoms with Crippen LogP contribution in [0.3, 0.4) is 0 Å². The second-order valence-electron chi connectivity index (χ2n) is 2.34. The van der Waals surface area contributed by atoms with E-state index in [1.54, 1.807) is 12.3 Å². The molecule has 2 aromatic rings. The van der Waals surface area contributed by atoms with E-state index in [1.807, 2.05) is 0 Å². The van der Waals surface area contributed by atoms with Crippen molar-refractivity contribution >= 4 is 27.7 Å². The van der Waals surface area contributed by atoms with Crippen molar-refractivity contribution in [3.05, 3.63) is 23.3 Å². The van der Waals surface area contributed by atoms with Crippen molar-refractivity contribution in [2.45, 2.75) is 0 Å². The third-order valence-corrected chi connectivity index (χ3v) is 2.56. The Balaban J connectivity index is 2.82. The van der Waals surface area contributed by atoms with E-state index in [0.29, 0.717) is 10.3 Å². The van der Waals surface area contributed by atoms with E-state index >= 15 is 0 Å². The molecule has 2 aromatic heterocycles. The summed E-state index contributed by atoms with van der Waals surface area (Å²) >= 11 is 1.32. The largest absolute Gasteiger partial charge is 0.506 e. The van der Waals surface area contributed by atoms with E-state index in [1.165, 1.54) is 17.5 Å². The van der Waals surface area contributed by atoms with Crippen molar-refractivity contribution in [2.75, 3.05) is 0 Å². The molecule has 0 atom stereocenters. The molecule has 0 radical (unpaired) electrons. The minimum atomic E-state index is 0.122. The molecule has 4 heteroatoms. The highest BCUT2D eigenvalue weighted by atomic mass is 32.1. The molecule has 0 aromatic carbocycles. The minimum Gasteiger partial charge on any atom is -0.506 e. The molecule has 1 N–H and O–H groups in total. The molecule has 60 valence electrons. The Morgan fingerprint density at radius 3 is 3.00 bits per heavy atom. The predicted molar refractivity (Wildman–Crippen MR) is 46.7 cm³/mol. The lowest BCUT2D eigenvalue weighted by atomic mass is 10.3. The number of carbonyl (C=O) groups is 1. The molecule has 0 fully saturated rings. The predicted octanol–water partition coefficient (Wildman–Crippen LogP) is 1.81. The molecule has 0 unspecified atom stereocenters. The number of rotatable bonds is 1. The number of fused-ring (bicyclic) bond motifs is 1. The zero-order chi connectivity index (χ0) is 8.55. The van der Waals surface area contributed by atoms with Gasteiger partial charge >= 0.3 is 0 Å². The van der Waals surface area contributed by atoms with Gasteiger partial charge in [0.15, 0.2) is 6.29 Å². The number of nitrogens with zero attached hydrogens (tertiary/aromatic N) is 1. The maximum absolute atomic E-state index is 10.4. The summed E-state index contributed by atoms with van der Waals surface area (Å²) in [7, 11) is 0. The molecule has 0 aliphatic carbocycles. The summed E-state index contributed by atoms with van der Waals surface area (Å²) in [5.74, 6) is 0.122. The molecular formula is C8H5NO2S. The first kappa shape index (κ1) is 7.24. The number of pyridine rings is 1. The summed E-state index contributed by atoms with van der Waals surface area (Å²) in [5, 5.41) is 10.0. The van der Waals surface area contributed by atoms with Gasteiger partial charge in [-0.3, -0.25) is 9.78 Å². The Labute approximate surface area is 72.3 Å². The highest BCUT2D eigenvalue weighted by molar-refractivity contribution is 7.20. The van der Waals surface area contributed by atoms with Crippen molar-refractivity contribution in [3.63, 3.8) is 0 Å². The van der Waals surface area contributed by atoms with Gasteiger partial charge in [-0.25, -0.2) is 0 Å². The highest BCUT2D eigenvalue weighted by Gasteiger charge is 2.04. The third kappa shape index (κ3) is 0.967. The molecule has 0 aliphatic heterocycles. The standard InChI is InChI=1S/C8H5NO2S/c10-4-5-1-6-7(11)2-9-3-8(6)12-5/h1-4,11H. The fourth-order valence-electron chi connectivity index (χ4n) is 1.02. The quantitative estimate of drug-likeness (QED) is 0.679. The van der Waals surface area contributed by atoms with Gasteiger partial charge in [-0.1, -0.05) is 0 Å². The van der Waals surface area contributed by atoms with Crippen molar-refractivity contribution in [1.82, 2.24) is 4.98 Å². The lowest BCUT2D eigenvalue weighted by molar-refractivity contribution is 0.112. The van der Waals surface area contributed by atoms with Crippen molar-refractivity contribution in [3.8, 4) is 5.75 Å². The van der Waals surface area contributed by atoms with Crippen LogP contribution in [0.1, 0.15) is 9.67 Å². The molecular weight excluding hydrogens is 174 g/mol. The second-order valence-corrected chi connectivity index (χ2v) is 3.45. The Morgan fingerprint density at radius 1 is 1.50 bits per heavy atom. The van der Waals surface area contributed by atoms with Gasteiger partial charge in [-0.05, 0) is 6.07 Å². The molecule has 0 bridgehead atoms. The van der Waals surface area contributed by atoms with Gasteiger partial charge in [0, 0.05) is 11.6 Å². The van der Waals surface area contributed by atoms with Crippen LogP contribution in [0.4, 0.5) is 0 Å². The molecule has 0 aliphatic rings. The first-order chi connectivity index (χ1) is 5.81. The Morgan fingerprint density at radius 2 is 2.33 bits per heavy atom. The van der Waals surface area contributed by atoms with Crippen LogP contribution in [0.25, 0.3) is 10.1 Å². The average Bonchev–Trinajstić information content (AvgIpc) is 2.49. The number of hydrogen-bond acceptors (Lipinski definition) is 4. The van der Waals surface area contributed by atoms with Gasteiger partial charge in [-0.15, -0.1) is 11.3 Å². The highest BCUT2D eigenvalue weighted by Crippen LogP contribution is 2.29. The van der Waals surface area contributed by atoms with E-state index in [2.05, 4.69) is 4.98 Å². The topological polar surface area (TPSA) is 50.2 Å². The molecule has 2 heterocycles. The Bertz CT molecular complexity index is 436. The summed E-state index contributed by atoms with van der Waals surface area (Å²) in [6.07, 6.45) is 3.76. The van der Waals surface area contributed by atoms with Crippen LogP contribution < -0.4 is 0 Å². The van der Waals surface area contributed by atoms with Crippen molar-refractivity contribution < 1.29 is 9.90 Å². The minimum absolute atomic E-state index is 0.122. The molecule has 0 amide bonds. The van der Waals surface area contributed by atoms with Crippen LogP contribution in [0.15, 0.2) is 18.5 Å². The summed E-state index contributed by atoms with van der Waals surface area (Å²) < 4.78 is 0.831. The zero-order valence-electron chi connectivity index (χ0n) is 6.02. The Hall–Kier alpha value is -1.42. The van der Waals surface area contributed by atoms with Crippen LogP contribution in [-0.2, 0) is 0 Å². The first-order valence-corrected chi connectivity index (χ1v) is 4.14. The van der Waals surface area contributed by atoms with E-state index in [9.17, 15) is 9.90 Å². The number of hydrogen-bond donors (Lipinski definition) is 1. The number of thiophene rings is 1. The van der Waals surface area contributed by atoms with E-state index in [-0.39, 0.29) is 5.75 Å². The Kier molecular flexibility index (Phi) is 1.55. The average molecular weight is 179 g/mol. The molecule has 0 saturated heterocycles.